The van der Waals surface area contributed by atoms with Crippen molar-refractivity contribution >= 4 is 17.5 Å². The largest absolute Gasteiger partial charge is 0.497 e. The van der Waals surface area contributed by atoms with Gasteiger partial charge in [0.1, 0.15) is 17.3 Å². The van der Waals surface area contributed by atoms with Crippen molar-refractivity contribution in [2.75, 3.05) is 25.5 Å². The number of piperidine rings is 1. The molecule has 2 amide bonds. The molecular formula is C23H26N6O3. The summed E-state index contributed by atoms with van der Waals surface area (Å²) in [6.45, 7) is 3.15. The van der Waals surface area contributed by atoms with Crippen molar-refractivity contribution in [3.8, 4) is 5.75 Å². The van der Waals surface area contributed by atoms with E-state index < -0.39 is 0 Å². The number of H-pyrrole nitrogens is 1. The van der Waals surface area contributed by atoms with Crippen LogP contribution in [0.4, 0.5) is 5.69 Å². The second-order valence-corrected chi connectivity index (χ2v) is 7.87. The maximum Gasteiger partial charge on any atom is 0.271 e. The molecule has 9 nitrogen and oxygen atoms in total. The fourth-order valence-electron chi connectivity index (χ4n) is 3.89. The van der Waals surface area contributed by atoms with Gasteiger partial charge in [0.25, 0.3) is 11.8 Å². The number of nitrogens with zero attached hydrogens (tertiary/aromatic N) is 4. The lowest BCUT2D eigenvalue weighted by molar-refractivity contribution is 0.0684. The SMILES string of the molecule is COc1ccc(NC(=O)c2cnc(C)nc2CC2CCN(C(=O)c3ccn[nH]3)CC2)cc1. The van der Waals surface area contributed by atoms with Crippen LogP contribution in [0, 0.1) is 12.8 Å². The van der Waals surface area contributed by atoms with E-state index in [2.05, 4.69) is 25.5 Å². The van der Waals surface area contributed by atoms with Gasteiger partial charge in [0.15, 0.2) is 0 Å². The molecule has 2 aromatic heterocycles. The first kappa shape index (κ1) is 21.5. The third-order valence-electron chi connectivity index (χ3n) is 5.70. The molecule has 1 aliphatic heterocycles. The molecule has 0 spiro atoms. The Morgan fingerprint density at radius 2 is 1.94 bits per heavy atom. The molecule has 3 heterocycles. The van der Waals surface area contributed by atoms with E-state index in [0.717, 1.165) is 24.3 Å². The Kier molecular flexibility index (Phi) is 6.44. The van der Waals surface area contributed by atoms with E-state index in [9.17, 15) is 9.59 Å². The van der Waals surface area contributed by atoms with Crippen LogP contribution in [-0.2, 0) is 6.42 Å². The normalized spacial score (nSPS) is 14.2. The van der Waals surface area contributed by atoms with E-state index in [1.165, 1.54) is 0 Å². The lowest BCUT2D eigenvalue weighted by Crippen LogP contribution is -2.39. The van der Waals surface area contributed by atoms with E-state index in [-0.39, 0.29) is 11.8 Å². The summed E-state index contributed by atoms with van der Waals surface area (Å²) in [6.07, 6.45) is 5.54. The van der Waals surface area contributed by atoms with Crippen LogP contribution < -0.4 is 10.1 Å². The van der Waals surface area contributed by atoms with Crippen LogP contribution in [0.5, 0.6) is 5.75 Å². The first-order valence-corrected chi connectivity index (χ1v) is 10.6. The number of rotatable bonds is 6. The van der Waals surface area contributed by atoms with E-state index in [1.807, 2.05) is 11.8 Å². The minimum absolute atomic E-state index is 0.0293. The highest BCUT2D eigenvalue weighted by atomic mass is 16.5. The molecule has 0 aliphatic carbocycles. The van der Waals surface area contributed by atoms with Crippen LogP contribution in [0.2, 0.25) is 0 Å². The molecule has 1 saturated heterocycles. The number of carbonyl (C=O) groups excluding carboxylic acids is 2. The van der Waals surface area contributed by atoms with E-state index in [0.29, 0.717) is 48.2 Å². The maximum atomic E-state index is 12.9. The van der Waals surface area contributed by atoms with Crippen LogP contribution in [0.1, 0.15) is 45.2 Å². The number of amides is 2. The van der Waals surface area contributed by atoms with Gasteiger partial charge in [-0.3, -0.25) is 14.7 Å². The number of hydrogen-bond donors (Lipinski definition) is 2. The van der Waals surface area contributed by atoms with Gasteiger partial charge in [-0.1, -0.05) is 0 Å². The number of ether oxygens (including phenoxy) is 1. The lowest BCUT2D eigenvalue weighted by atomic mass is 9.90. The van der Waals surface area contributed by atoms with Gasteiger partial charge in [-0.25, -0.2) is 9.97 Å². The number of likely N-dealkylation sites (tertiary alicyclic amines) is 1. The van der Waals surface area contributed by atoms with Gasteiger partial charge in [-0.15, -0.1) is 0 Å². The minimum atomic E-state index is -0.239. The van der Waals surface area contributed by atoms with Gasteiger partial charge in [0.2, 0.25) is 0 Å². The van der Waals surface area contributed by atoms with Crippen molar-refractivity contribution in [2.24, 2.45) is 5.92 Å². The molecule has 2 N–H and O–H groups in total. The van der Waals surface area contributed by atoms with Crippen LogP contribution in [0.25, 0.3) is 0 Å². The molecule has 0 bridgehead atoms. The Morgan fingerprint density at radius 1 is 1.19 bits per heavy atom. The van der Waals surface area contributed by atoms with Crippen molar-refractivity contribution < 1.29 is 14.3 Å². The Balaban J connectivity index is 1.41. The molecule has 4 rings (SSSR count). The first-order chi connectivity index (χ1) is 15.5. The topological polar surface area (TPSA) is 113 Å². The second kappa shape index (κ2) is 9.59. The van der Waals surface area contributed by atoms with Gasteiger partial charge in [-0.05, 0) is 62.4 Å². The molecule has 0 unspecified atom stereocenters. The van der Waals surface area contributed by atoms with Crippen LogP contribution >= 0.6 is 0 Å². The summed E-state index contributed by atoms with van der Waals surface area (Å²) in [5.74, 6) is 1.42. The highest BCUT2D eigenvalue weighted by Gasteiger charge is 2.26. The Morgan fingerprint density at radius 3 is 2.59 bits per heavy atom. The summed E-state index contributed by atoms with van der Waals surface area (Å²) in [7, 11) is 1.60. The number of anilines is 1. The van der Waals surface area contributed by atoms with Crippen LogP contribution in [-0.4, -0.2) is 57.1 Å². The fraction of sp³-hybridized carbons (Fsp3) is 0.348. The molecule has 0 saturated carbocycles. The van der Waals surface area contributed by atoms with E-state index in [1.54, 1.807) is 49.8 Å². The average Bonchev–Trinajstić information content (AvgIpc) is 3.35. The van der Waals surface area contributed by atoms with Crippen molar-refractivity contribution in [2.45, 2.75) is 26.2 Å². The van der Waals surface area contributed by atoms with Gasteiger partial charge in [0, 0.05) is 31.2 Å². The Bertz CT molecular complexity index is 1070. The average molecular weight is 435 g/mol. The summed E-state index contributed by atoms with van der Waals surface area (Å²) in [6, 6.07) is 8.85. The number of aromatic nitrogens is 4. The summed E-state index contributed by atoms with van der Waals surface area (Å²) in [4.78, 5) is 36.1. The quantitative estimate of drug-likeness (QED) is 0.617. The Labute approximate surface area is 186 Å². The standard InChI is InChI=1S/C23H26N6O3/c1-15-24-14-19(22(30)27-17-3-5-18(32-2)6-4-17)21(26-15)13-16-8-11-29(12-9-16)23(31)20-7-10-25-28-20/h3-7,10,14,16H,8-9,11-13H2,1-2H3,(H,25,28)(H,27,30). The van der Waals surface area contributed by atoms with Crippen molar-refractivity contribution in [1.82, 2.24) is 25.1 Å². The predicted octanol–water partition coefficient (Wildman–Crippen LogP) is 2.86. The van der Waals surface area contributed by atoms with Crippen molar-refractivity contribution in [3.63, 3.8) is 0 Å². The molecule has 1 fully saturated rings. The van der Waals surface area contributed by atoms with Crippen LogP contribution in [0.15, 0.2) is 42.7 Å². The molecule has 0 atom stereocenters. The number of nitrogens with one attached hydrogen (secondary N) is 2. The number of benzene rings is 1. The van der Waals surface area contributed by atoms with E-state index >= 15 is 0 Å². The molecule has 3 aromatic rings. The first-order valence-electron chi connectivity index (χ1n) is 10.6. The van der Waals surface area contributed by atoms with Gasteiger partial charge < -0.3 is 15.0 Å². The zero-order chi connectivity index (χ0) is 22.5. The van der Waals surface area contributed by atoms with Crippen LogP contribution in [0.3, 0.4) is 0 Å². The zero-order valence-electron chi connectivity index (χ0n) is 18.2. The molecule has 0 radical (unpaired) electrons. The smallest absolute Gasteiger partial charge is 0.271 e. The number of carbonyl (C=O) groups is 2. The summed E-state index contributed by atoms with van der Waals surface area (Å²) < 4.78 is 5.16. The highest BCUT2D eigenvalue weighted by Crippen LogP contribution is 2.24. The zero-order valence-corrected chi connectivity index (χ0v) is 18.2. The summed E-state index contributed by atoms with van der Waals surface area (Å²) in [5, 5.41) is 9.49. The Hall–Kier alpha value is -3.75. The molecule has 9 heteroatoms. The van der Waals surface area contributed by atoms with E-state index in [4.69, 9.17) is 4.74 Å². The number of aromatic amines is 1. The predicted molar refractivity (Wildman–Crippen MR) is 119 cm³/mol. The highest BCUT2D eigenvalue weighted by molar-refractivity contribution is 6.04. The fourth-order valence-corrected chi connectivity index (χ4v) is 3.89. The minimum Gasteiger partial charge on any atom is -0.497 e. The molecule has 32 heavy (non-hydrogen) atoms. The van der Waals surface area contributed by atoms with Gasteiger partial charge in [0.05, 0.1) is 18.4 Å². The lowest BCUT2D eigenvalue weighted by Gasteiger charge is -2.31. The molecular weight excluding hydrogens is 408 g/mol. The third kappa shape index (κ3) is 4.93. The molecule has 1 aromatic carbocycles. The summed E-state index contributed by atoms with van der Waals surface area (Å²) >= 11 is 0. The molecule has 166 valence electrons. The van der Waals surface area contributed by atoms with Crippen molar-refractivity contribution in [3.05, 3.63) is 65.5 Å². The van der Waals surface area contributed by atoms with Gasteiger partial charge in [-0.2, -0.15) is 5.10 Å². The molecule has 1 aliphatic rings. The number of methoxy groups -OCH3 is 1. The third-order valence-corrected chi connectivity index (χ3v) is 5.70. The number of aryl methyl sites for hydroxylation is 1. The maximum absolute atomic E-state index is 12.9. The summed E-state index contributed by atoms with van der Waals surface area (Å²) in [5.41, 5.74) is 2.39. The second-order valence-electron chi connectivity index (χ2n) is 7.87. The van der Waals surface area contributed by atoms with Crippen molar-refractivity contribution in [1.29, 1.82) is 0 Å². The number of hydrogen-bond acceptors (Lipinski definition) is 6. The monoisotopic (exact) mass is 434 g/mol. The van der Waals surface area contributed by atoms with Gasteiger partial charge >= 0.3 is 0 Å².